The van der Waals surface area contributed by atoms with Gasteiger partial charge in [-0.3, -0.25) is 9.36 Å². The SMILES string of the molecule is Cn1c(C2CCOCC2)nc(C(C)(C)c2cnc3[nH]ccc3c2)cc1=O. The number of aromatic amines is 1. The number of hydrogen-bond donors (Lipinski definition) is 1. The Morgan fingerprint density at radius 1 is 1.27 bits per heavy atom. The van der Waals surface area contributed by atoms with E-state index in [2.05, 4.69) is 29.9 Å². The van der Waals surface area contributed by atoms with E-state index in [-0.39, 0.29) is 11.5 Å². The van der Waals surface area contributed by atoms with E-state index in [0.29, 0.717) is 0 Å². The van der Waals surface area contributed by atoms with Crippen LogP contribution in [0.15, 0.2) is 35.4 Å². The van der Waals surface area contributed by atoms with E-state index >= 15 is 0 Å². The third-order valence-electron chi connectivity index (χ3n) is 5.52. The summed E-state index contributed by atoms with van der Waals surface area (Å²) in [6.07, 6.45) is 5.56. The van der Waals surface area contributed by atoms with Crippen molar-refractivity contribution in [2.45, 2.75) is 38.0 Å². The van der Waals surface area contributed by atoms with Gasteiger partial charge in [0.2, 0.25) is 0 Å². The van der Waals surface area contributed by atoms with Crippen molar-refractivity contribution < 1.29 is 4.74 Å². The van der Waals surface area contributed by atoms with E-state index < -0.39 is 5.41 Å². The van der Waals surface area contributed by atoms with Gasteiger partial charge in [-0.15, -0.1) is 0 Å². The normalized spacial score (nSPS) is 16.3. The molecule has 0 aliphatic carbocycles. The van der Waals surface area contributed by atoms with Gasteiger partial charge in [0.05, 0.1) is 5.69 Å². The Balaban J connectivity index is 1.80. The van der Waals surface area contributed by atoms with Gasteiger partial charge in [-0.2, -0.15) is 0 Å². The lowest BCUT2D eigenvalue weighted by Gasteiger charge is -2.28. The first kappa shape index (κ1) is 17.0. The molecule has 1 aliphatic heterocycles. The molecule has 1 N–H and O–H groups in total. The zero-order chi connectivity index (χ0) is 18.3. The van der Waals surface area contributed by atoms with Crippen molar-refractivity contribution in [3.63, 3.8) is 0 Å². The lowest BCUT2D eigenvalue weighted by atomic mass is 9.81. The molecule has 0 atom stereocenters. The number of H-pyrrole nitrogens is 1. The van der Waals surface area contributed by atoms with Gasteiger partial charge in [0, 0.05) is 55.4 Å². The third-order valence-corrected chi connectivity index (χ3v) is 5.52. The van der Waals surface area contributed by atoms with Crippen molar-refractivity contribution in [3.05, 3.63) is 58.0 Å². The summed E-state index contributed by atoms with van der Waals surface area (Å²) in [5.41, 5.74) is 2.28. The summed E-state index contributed by atoms with van der Waals surface area (Å²) >= 11 is 0. The number of nitrogens with zero attached hydrogens (tertiary/aromatic N) is 3. The van der Waals surface area contributed by atoms with Crippen molar-refractivity contribution in [2.75, 3.05) is 13.2 Å². The fourth-order valence-corrected chi connectivity index (χ4v) is 3.63. The second kappa shape index (κ2) is 6.36. The van der Waals surface area contributed by atoms with Crippen LogP contribution in [-0.4, -0.2) is 32.7 Å². The molecule has 1 saturated heterocycles. The summed E-state index contributed by atoms with van der Waals surface area (Å²) in [4.78, 5) is 25.2. The fourth-order valence-electron chi connectivity index (χ4n) is 3.63. The largest absolute Gasteiger partial charge is 0.381 e. The summed E-state index contributed by atoms with van der Waals surface area (Å²) in [6, 6.07) is 5.78. The number of rotatable bonds is 3. The van der Waals surface area contributed by atoms with Crippen LogP contribution in [-0.2, 0) is 17.2 Å². The minimum Gasteiger partial charge on any atom is -0.381 e. The van der Waals surface area contributed by atoms with Crippen LogP contribution < -0.4 is 5.56 Å². The maximum absolute atomic E-state index is 12.6. The molecular weight excluding hydrogens is 328 g/mol. The third kappa shape index (κ3) is 2.84. The van der Waals surface area contributed by atoms with Gasteiger partial charge in [0.25, 0.3) is 5.56 Å². The van der Waals surface area contributed by atoms with E-state index in [4.69, 9.17) is 9.72 Å². The van der Waals surface area contributed by atoms with Crippen LogP contribution >= 0.6 is 0 Å². The summed E-state index contributed by atoms with van der Waals surface area (Å²) in [7, 11) is 1.81. The molecule has 6 heteroatoms. The summed E-state index contributed by atoms with van der Waals surface area (Å²) < 4.78 is 7.15. The molecule has 0 radical (unpaired) electrons. The minimum absolute atomic E-state index is 0.0137. The number of pyridine rings is 1. The van der Waals surface area contributed by atoms with Crippen molar-refractivity contribution in [1.82, 2.24) is 19.5 Å². The highest BCUT2D eigenvalue weighted by molar-refractivity contribution is 5.76. The maximum Gasteiger partial charge on any atom is 0.253 e. The van der Waals surface area contributed by atoms with Crippen LogP contribution in [0.5, 0.6) is 0 Å². The molecule has 0 bridgehead atoms. The van der Waals surface area contributed by atoms with Gasteiger partial charge in [0.15, 0.2) is 0 Å². The van der Waals surface area contributed by atoms with Crippen LogP contribution in [0.3, 0.4) is 0 Å². The second-order valence-electron chi connectivity index (χ2n) is 7.55. The Morgan fingerprint density at radius 2 is 2.04 bits per heavy atom. The summed E-state index contributed by atoms with van der Waals surface area (Å²) in [6.45, 7) is 5.64. The highest BCUT2D eigenvalue weighted by Crippen LogP contribution is 2.32. The Morgan fingerprint density at radius 3 is 2.81 bits per heavy atom. The number of aromatic nitrogens is 4. The molecule has 26 heavy (non-hydrogen) atoms. The van der Waals surface area contributed by atoms with E-state index in [9.17, 15) is 4.79 Å². The van der Waals surface area contributed by atoms with Gasteiger partial charge >= 0.3 is 0 Å². The summed E-state index contributed by atoms with van der Waals surface area (Å²) in [5, 5.41) is 1.06. The molecule has 0 unspecified atom stereocenters. The molecule has 136 valence electrons. The number of ether oxygens (including phenoxy) is 1. The van der Waals surface area contributed by atoms with Gasteiger partial charge in [-0.25, -0.2) is 9.97 Å². The Hall–Kier alpha value is -2.47. The number of fused-ring (bicyclic) bond motifs is 1. The van der Waals surface area contributed by atoms with E-state index in [1.54, 1.807) is 10.6 Å². The van der Waals surface area contributed by atoms with Crippen LogP contribution in [0.2, 0.25) is 0 Å². The first-order valence-corrected chi connectivity index (χ1v) is 9.06. The molecule has 3 aromatic heterocycles. The fraction of sp³-hybridized carbons (Fsp3) is 0.450. The maximum atomic E-state index is 12.6. The second-order valence-corrected chi connectivity index (χ2v) is 7.55. The molecule has 0 saturated carbocycles. The quantitative estimate of drug-likeness (QED) is 0.787. The summed E-state index contributed by atoms with van der Waals surface area (Å²) in [5.74, 6) is 1.13. The number of hydrogen-bond acceptors (Lipinski definition) is 4. The molecule has 0 amide bonds. The average molecular weight is 352 g/mol. The molecule has 0 aromatic carbocycles. The molecule has 3 aromatic rings. The monoisotopic (exact) mass is 352 g/mol. The standard InChI is InChI=1S/C20H24N4O2/c1-20(2,15-10-14-4-7-21-18(14)22-12-15)16-11-17(25)24(3)19(23-16)13-5-8-26-9-6-13/h4,7,10-13H,5-6,8-9H2,1-3H3,(H,21,22). The molecule has 4 rings (SSSR count). The van der Waals surface area contributed by atoms with Crippen molar-refractivity contribution in [2.24, 2.45) is 7.05 Å². The zero-order valence-corrected chi connectivity index (χ0v) is 15.5. The highest BCUT2D eigenvalue weighted by Gasteiger charge is 2.29. The minimum atomic E-state index is -0.411. The van der Waals surface area contributed by atoms with Crippen LogP contribution in [0.4, 0.5) is 0 Å². The number of nitrogens with one attached hydrogen (secondary N) is 1. The Labute approximate surface area is 152 Å². The molecule has 6 nitrogen and oxygen atoms in total. The molecule has 4 heterocycles. The first-order valence-electron chi connectivity index (χ1n) is 9.06. The topological polar surface area (TPSA) is 72.8 Å². The molecular formula is C20H24N4O2. The van der Waals surface area contributed by atoms with Crippen molar-refractivity contribution in [1.29, 1.82) is 0 Å². The van der Waals surface area contributed by atoms with Gasteiger partial charge in [-0.1, -0.05) is 13.8 Å². The molecule has 1 fully saturated rings. The van der Waals surface area contributed by atoms with E-state index in [1.807, 2.05) is 25.5 Å². The Bertz CT molecular complexity index is 996. The van der Waals surface area contributed by atoms with Crippen LogP contribution in [0.1, 0.15) is 49.7 Å². The molecule has 0 spiro atoms. The van der Waals surface area contributed by atoms with Crippen LogP contribution in [0, 0.1) is 0 Å². The predicted molar refractivity (Wildman–Crippen MR) is 100 cm³/mol. The lowest BCUT2D eigenvalue weighted by molar-refractivity contribution is 0.0826. The lowest BCUT2D eigenvalue weighted by Crippen LogP contribution is -2.31. The Kier molecular flexibility index (Phi) is 4.15. The van der Waals surface area contributed by atoms with E-state index in [1.165, 1.54) is 0 Å². The van der Waals surface area contributed by atoms with Gasteiger partial charge < -0.3 is 9.72 Å². The zero-order valence-electron chi connectivity index (χ0n) is 15.5. The van der Waals surface area contributed by atoms with Crippen molar-refractivity contribution >= 4 is 11.0 Å². The van der Waals surface area contributed by atoms with E-state index in [0.717, 1.165) is 54.2 Å². The van der Waals surface area contributed by atoms with Gasteiger partial charge in [-0.05, 0) is 30.5 Å². The van der Waals surface area contributed by atoms with Crippen LogP contribution in [0.25, 0.3) is 11.0 Å². The average Bonchev–Trinajstić information content (AvgIpc) is 3.12. The van der Waals surface area contributed by atoms with Crippen molar-refractivity contribution in [3.8, 4) is 0 Å². The smallest absolute Gasteiger partial charge is 0.253 e. The molecule has 1 aliphatic rings. The first-order chi connectivity index (χ1) is 12.5. The highest BCUT2D eigenvalue weighted by atomic mass is 16.5. The van der Waals surface area contributed by atoms with Gasteiger partial charge in [0.1, 0.15) is 11.5 Å². The predicted octanol–water partition coefficient (Wildman–Crippen LogP) is 2.88.